The Morgan fingerprint density at radius 2 is 0.602 bits per heavy atom. The van der Waals surface area contributed by atoms with Gasteiger partial charge in [-0.3, -0.25) is 0 Å². The van der Waals surface area contributed by atoms with Gasteiger partial charge in [-0.25, -0.2) is 22.8 Å². The van der Waals surface area contributed by atoms with Crippen LogP contribution in [-0.2, 0) is 48.1 Å². The Bertz CT molecular complexity index is 4510. The third-order valence-electron chi connectivity index (χ3n) is 16.6. The molecular formula is C83H106N5+5. The Balaban J connectivity index is 0.000000198. The average molecular weight is 1190 g/mol. The SMILES string of the molecule is CCc1c[n+](C)c(-c2ccccc2C)cc1C.CCc1cc(-c2ccccc2C)[n+](C)cc1C.[2H]C(C)(C)c1c[n+](C)c(-c2ccccc2C)cc1C.[2H]C([2H])([2H])c1c[n+](C)c(-c2ccccc2C)cc1C([2H])(C)C.[2H]C([2H])([2H])c1c[n+](C)c(-c2ccccc2C)cc1C([2H])(C)C([2H])([2H])[2H]. The standard InChI is InChI=1S/3C17H22N.2C16H20N/c2*1-12(2)16-10-17(18(5)11-14(16)4)15-9-7-6-8-13(15)3;1-12(2)16-11-18(5)17(10-14(16)4)15-9-7-6-8-13(15)3;1-5-14-10-16(17(4)11-13(14)3)15-9-7-6-8-12(15)2;1-5-14-11-17(4)16(10-13(14)3)15-9-7-6-8-12(15)2/h3*6-12H,1-5H3;2*6-11H,5H2,1-4H3/q5*+1/i1D3,4D3,12D;4D3,12D;12D;;. The van der Waals surface area contributed by atoms with Gasteiger partial charge in [0.15, 0.2) is 31.0 Å². The lowest BCUT2D eigenvalue weighted by Gasteiger charge is -2.11. The fourth-order valence-corrected chi connectivity index (χ4v) is 11.3. The second-order valence-corrected chi connectivity index (χ2v) is 23.9. The van der Waals surface area contributed by atoms with Crippen LogP contribution in [0.2, 0.25) is 0 Å². The molecule has 10 aromatic rings. The van der Waals surface area contributed by atoms with Gasteiger partial charge in [0.1, 0.15) is 35.2 Å². The minimum absolute atomic E-state index is 0.00357. The van der Waals surface area contributed by atoms with Crippen molar-refractivity contribution in [1.82, 2.24) is 0 Å². The lowest BCUT2D eigenvalue weighted by Crippen LogP contribution is -2.32. The van der Waals surface area contributed by atoms with E-state index in [2.05, 4.69) is 200 Å². The zero-order chi connectivity index (χ0) is 74.9. The van der Waals surface area contributed by atoms with E-state index in [0.29, 0.717) is 11.3 Å². The monoisotopic (exact) mass is 1180 g/mol. The Kier molecular flexibility index (Phi) is 19.0. The van der Waals surface area contributed by atoms with Crippen molar-refractivity contribution in [2.45, 2.75) is 155 Å². The van der Waals surface area contributed by atoms with Gasteiger partial charge < -0.3 is 0 Å². The molecule has 0 N–H and O–H groups in total. The van der Waals surface area contributed by atoms with Gasteiger partial charge in [-0.15, -0.1) is 0 Å². The molecule has 88 heavy (non-hydrogen) atoms. The molecule has 0 fully saturated rings. The molecule has 0 bridgehead atoms. The van der Waals surface area contributed by atoms with E-state index in [-0.39, 0.29) is 16.7 Å². The van der Waals surface area contributed by atoms with Crippen molar-refractivity contribution >= 4 is 0 Å². The van der Waals surface area contributed by atoms with E-state index in [1.807, 2.05) is 93.9 Å². The molecule has 458 valence electrons. The maximum Gasteiger partial charge on any atom is 0.212 e. The zero-order valence-corrected chi connectivity index (χ0v) is 56.5. The summed E-state index contributed by atoms with van der Waals surface area (Å²) in [4.78, 5) is 0. The van der Waals surface area contributed by atoms with Crippen molar-refractivity contribution in [2.75, 3.05) is 0 Å². The lowest BCUT2D eigenvalue weighted by molar-refractivity contribution is -0.661. The van der Waals surface area contributed by atoms with E-state index < -0.39 is 38.2 Å². The highest BCUT2D eigenvalue weighted by Gasteiger charge is 2.21. The number of rotatable bonds is 10. The Labute approximate surface area is 549 Å². The molecular weight excluding hydrogens is 1070 g/mol. The first-order valence-electron chi connectivity index (χ1n) is 36.7. The van der Waals surface area contributed by atoms with Gasteiger partial charge in [-0.05, 0) is 186 Å². The fourth-order valence-electron chi connectivity index (χ4n) is 11.3. The number of benzene rings is 5. The minimum atomic E-state index is -2.66. The largest absolute Gasteiger partial charge is 0.212 e. The highest BCUT2D eigenvalue weighted by Crippen LogP contribution is 2.29. The van der Waals surface area contributed by atoms with Crippen LogP contribution in [0.15, 0.2) is 183 Å². The van der Waals surface area contributed by atoms with Crippen molar-refractivity contribution < 1.29 is 39.3 Å². The van der Waals surface area contributed by atoms with Gasteiger partial charge in [-0.1, -0.05) is 146 Å². The van der Waals surface area contributed by atoms with Crippen LogP contribution in [-0.4, -0.2) is 0 Å². The topological polar surface area (TPSA) is 19.4 Å². The minimum Gasteiger partial charge on any atom is -0.201 e. The van der Waals surface area contributed by atoms with Crippen molar-refractivity contribution in [3.8, 4) is 56.3 Å². The van der Waals surface area contributed by atoms with Crippen LogP contribution in [0.1, 0.15) is 173 Å². The molecule has 1 atom stereocenters. The number of hydrogen-bond acceptors (Lipinski definition) is 0. The molecule has 0 aliphatic heterocycles. The fraction of sp³-hybridized carbons (Fsp3) is 0.337. The molecule has 5 aromatic heterocycles. The van der Waals surface area contributed by atoms with E-state index in [1.54, 1.807) is 31.7 Å². The molecule has 5 heterocycles. The van der Waals surface area contributed by atoms with Crippen LogP contribution < -0.4 is 22.8 Å². The van der Waals surface area contributed by atoms with Gasteiger partial charge in [0.2, 0.25) is 28.5 Å². The summed E-state index contributed by atoms with van der Waals surface area (Å²) in [7, 11) is 9.86. The number of pyridine rings is 5. The average Bonchev–Trinajstić information content (AvgIpc) is 0.758. The molecule has 0 amide bonds. The second kappa shape index (κ2) is 31.7. The quantitative estimate of drug-likeness (QED) is 0.122. The van der Waals surface area contributed by atoms with Crippen LogP contribution in [0.25, 0.3) is 56.3 Å². The van der Waals surface area contributed by atoms with E-state index in [4.69, 9.17) is 16.4 Å². The third-order valence-corrected chi connectivity index (χ3v) is 16.6. The maximum absolute atomic E-state index is 8.40. The van der Waals surface area contributed by atoms with Crippen molar-refractivity contribution in [3.63, 3.8) is 0 Å². The van der Waals surface area contributed by atoms with Gasteiger partial charge in [0.05, 0.1) is 0 Å². The van der Waals surface area contributed by atoms with Gasteiger partial charge in [0, 0.05) is 102 Å². The van der Waals surface area contributed by atoms with Gasteiger partial charge >= 0.3 is 0 Å². The summed E-state index contributed by atoms with van der Waals surface area (Å²) < 4.78 is 105. The van der Waals surface area contributed by atoms with Crippen LogP contribution in [0, 0.1) is 69.1 Å². The predicted octanol–water partition coefficient (Wildman–Crippen LogP) is 18.5. The molecule has 0 spiro atoms. The summed E-state index contributed by atoms with van der Waals surface area (Å²) in [6.45, 7) is 22.5. The highest BCUT2D eigenvalue weighted by atomic mass is 14.9. The first kappa shape index (κ1) is 52.9. The molecule has 0 radical (unpaired) electrons. The Morgan fingerprint density at radius 1 is 0.307 bits per heavy atom. The van der Waals surface area contributed by atoms with Crippen LogP contribution in [0.4, 0.5) is 0 Å². The molecule has 0 aliphatic rings. The predicted molar refractivity (Wildman–Crippen MR) is 374 cm³/mol. The van der Waals surface area contributed by atoms with Crippen molar-refractivity contribution in [3.05, 3.63) is 266 Å². The number of hydrogen-bond donors (Lipinski definition) is 0. The Hall–Kier alpha value is -8.15. The van der Waals surface area contributed by atoms with E-state index in [0.717, 1.165) is 46.4 Å². The van der Waals surface area contributed by atoms with E-state index >= 15 is 0 Å². The third kappa shape index (κ3) is 17.3. The van der Waals surface area contributed by atoms with Gasteiger partial charge in [0.25, 0.3) is 0 Å². The molecule has 0 saturated heterocycles. The first-order valence-corrected chi connectivity index (χ1v) is 30.7. The number of nitrogens with zero attached hydrogens (tertiary/aromatic N) is 5. The lowest BCUT2D eigenvalue weighted by atomic mass is 9.96. The van der Waals surface area contributed by atoms with E-state index in [9.17, 15) is 0 Å². The van der Waals surface area contributed by atoms with Crippen molar-refractivity contribution in [1.29, 1.82) is 0 Å². The number of aryl methyl sites for hydroxylation is 17. The summed E-state index contributed by atoms with van der Waals surface area (Å²) >= 11 is 0. The molecule has 0 aliphatic carbocycles. The molecule has 0 saturated carbocycles. The summed E-state index contributed by atoms with van der Waals surface area (Å²) in [6, 6.07) is 51.2. The summed E-state index contributed by atoms with van der Waals surface area (Å²) in [6.07, 6.45) is 11.8. The van der Waals surface area contributed by atoms with Crippen LogP contribution in [0.5, 0.6) is 0 Å². The van der Waals surface area contributed by atoms with Crippen LogP contribution in [0.3, 0.4) is 0 Å². The Morgan fingerprint density at radius 3 is 0.932 bits per heavy atom. The smallest absolute Gasteiger partial charge is 0.201 e. The molecule has 10 rings (SSSR count). The maximum atomic E-state index is 8.40. The normalized spacial score (nSPS) is 14.2. The first-order chi connectivity index (χ1) is 46.3. The summed E-state index contributed by atoms with van der Waals surface area (Å²) in [5, 5.41) is 0. The molecule has 1 unspecified atom stereocenters. The van der Waals surface area contributed by atoms with Crippen LogP contribution >= 0.6 is 0 Å². The number of aromatic nitrogens is 5. The van der Waals surface area contributed by atoms with Gasteiger partial charge in [-0.2, -0.15) is 0 Å². The van der Waals surface area contributed by atoms with E-state index in [1.165, 1.54) is 97.5 Å². The second-order valence-electron chi connectivity index (χ2n) is 23.9. The summed E-state index contributed by atoms with van der Waals surface area (Å²) in [5.41, 5.74) is 25.7. The molecule has 5 nitrogen and oxygen atoms in total. The zero-order valence-electron chi connectivity index (χ0n) is 68.5. The summed E-state index contributed by atoms with van der Waals surface area (Å²) in [5.74, 6) is -3.58. The molecule has 5 aromatic carbocycles. The van der Waals surface area contributed by atoms with Crippen molar-refractivity contribution in [2.24, 2.45) is 35.2 Å². The molecule has 5 heteroatoms. The highest BCUT2D eigenvalue weighted by molar-refractivity contribution is 5.65.